The summed E-state index contributed by atoms with van der Waals surface area (Å²) in [5.74, 6) is 2.43. The minimum Gasteiger partial charge on any atom is -0.486 e. The molecule has 4 aromatic rings. The first-order chi connectivity index (χ1) is 15.4. The zero-order valence-electron chi connectivity index (χ0n) is 18.9. The van der Waals surface area contributed by atoms with Crippen molar-refractivity contribution < 1.29 is 4.74 Å². The van der Waals surface area contributed by atoms with E-state index < -0.39 is 0 Å². The van der Waals surface area contributed by atoms with Crippen molar-refractivity contribution in [3.63, 3.8) is 0 Å². The topological polar surface area (TPSA) is 52.8 Å². The first-order valence-electron chi connectivity index (χ1n) is 10.7. The van der Waals surface area contributed by atoms with Crippen LogP contribution in [0.1, 0.15) is 44.8 Å². The first kappa shape index (κ1) is 22.6. The molecule has 0 aliphatic heterocycles. The van der Waals surface area contributed by atoms with Crippen molar-refractivity contribution >= 4 is 23.1 Å². The van der Waals surface area contributed by atoms with Gasteiger partial charge in [-0.3, -0.25) is 0 Å². The van der Waals surface area contributed by atoms with Crippen molar-refractivity contribution in [1.82, 2.24) is 19.7 Å². The molecule has 0 bridgehead atoms. The van der Waals surface area contributed by atoms with Crippen LogP contribution in [0.4, 0.5) is 0 Å². The summed E-state index contributed by atoms with van der Waals surface area (Å²) >= 11 is 3.33. The second-order valence-electron chi connectivity index (χ2n) is 8.50. The fourth-order valence-corrected chi connectivity index (χ4v) is 5.12. The summed E-state index contributed by atoms with van der Waals surface area (Å²) in [6.45, 7) is 9.92. The van der Waals surface area contributed by atoms with Crippen LogP contribution in [0.15, 0.2) is 65.1 Å². The Morgan fingerprint density at radius 1 is 1.00 bits per heavy atom. The van der Waals surface area contributed by atoms with Crippen molar-refractivity contribution in [2.24, 2.45) is 0 Å². The summed E-state index contributed by atoms with van der Waals surface area (Å²) in [5.41, 5.74) is 3.63. The fourth-order valence-electron chi connectivity index (χ4n) is 3.27. The molecular weight excluding hydrogens is 436 g/mol. The molecule has 7 heteroatoms. The molecule has 0 aliphatic rings. The monoisotopic (exact) mass is 464 g/mol. The van der Waals surface area contributed by atoms with Crippen LogP contribution in [0.3, 0.4) is 0 Å². The quantitative estimate of drug-likeness (QED) is 0.275. The Kier molecular flexibility index (Phi) is 6.96. The summed E-state index contributed by atoms with van der Waals surface area (Å²) in [6, 6.07) is 18.6. The number of rotatable bonds is 8. The number of thiazole rings is 1. The summed E-state index contributed by atoms with van der Waals surface area (Å²) in [5, 5.41) is 12.8. The number of hydrogen-bond acceptors (Lipinski definition) is 6. The predicted molar refractivity (Wildman–Crippen MR) is 132 cm³/mol. The van der Waals surface area contributed by atoms with Crippen LogP contribution in [0.2, 0.25) is 0 Å². The van der Waals surface area contributed by atoms with E-state index in [2.05, 4.69) is 72.1 Å². The second kappa shape index (κ2) is 9.88. The number of ether oxygens (including phenoxy) is 1. The molecule has 5 nitrogen and oxygen atoms in total. The lowest BCUT2D eigenvalue weighted by Crippen LogP contribution is -2.11. The van der Waals surface area contributed by atoms with E-state index in [1.807, 2.05) is 30.3 Å². The Morgan fingerprint density at radius 3 is 2.44 bits per heavy atom. The highest BCUT2D eigenvalue weighted by molar-refractivity contribution is 7.98. The molecular formula is C25H28N4OS2. The average molecular weight is 465 g/mol. The summed E-state index contributed by atoms with van der Waals surface area (Å²) in [7, 11) is 0. The smallest absolute Gasteiger partial charge is 0.191 e. The summed E-state index contributed by atoms with van der Waals surface area (Å²) < 4.78 is 8.10. The maximum Gasteiger partial charge on any atom is 0.191 e. The van der Waals surface area contributed by atoms with Gasteiger partial charge in [0.2, 0.25) is 0 Å². The molecule has 32 heavy (non-hydrogen) atoms. The molecule has 2 aromatic carbocycles. The van der Waals surface area contributed by atoms with Gasteiger partial charge in [-0.25, -0.2) is 4.98 Å². The van der Waals surface area contributed by atoms with Gasteiger partial charge in [-0.1, -0.05) is 75.0 Å². The Bertz CT molecular complexity index is 1140. The van der Waals surface area contributed by atoms with E-state index in [0.717, 1.165) is 45.3 Å². The molecule has 4 rings (SSSR count). The van der Waals surface area contributed by atoms with Gasteiger partial charge in [-0.2, -0.15) is 0 Å². The number of benzene rings is 2. The van der Waals surface area contributed by atoms with Crippen molar-refractivity contribution in [3.8, 4) is 16.3 Å². The zero-order chi connectivity index (χ0) is 22.6. The second-order valence-corrected chi connectivity index (χ2v) is 10.3. The largest absolute Gasteiger partial charge is 0.486 e. The normalized spacial score (nSPS) is 11.6. The standard InChI is InChI=1S/C25H28N4OS2/c1-5-29-22(15-30-21-13-11-19(12-14-21)25(2,3)4)27-28-24(29)32-17-20-16-31-23(26-20)18-9-7-6-8-10-18/h6-14,16H,5,15,17H2,1-4H3. The van der Waals surface area contributed by atoms with Gasteiger partial charge < -0.3 is 9.30 Å². The highest BCUT2D eigenvalue weighted by atomic mass is 32.2. The summed E-state index contributed by atoms with van der Waals surface area (Å²) in [6.07, 6.45) is 0. The van der Waals surface area contributed by atoms with Gasteiger partial charge >= 0.3 is 0 Å². The SMILES string of the molecule is CCn1c(COc2ccc(C(C)(C)C)cc2)nnc1SCc1csc(-c2ccccc2)n1. The van der Waals surface area contributed by atoms with E-state index in [1.165, 1.54) is 5.56 Å². The van der Waals surface area contributed by atoms with Crippen molar-refractivity contribution in [1.29, 1.82) is 0 Å². The minimum atomic E-state index is 0.131. The average Bonchev–Trinajstić information content (AvgIpc) is 3.43. The Labute approximate surface area is 197 Å². The molecule has 0 amide bonds. The lowest BCUT2D eigenvalue weighted by atomic mass is 9.87. The predicted octanol–water partition coefficient (Wildman–Crippen LogP) is 6.59. The number of thioether (sulfide) groups is 1. The van der Waals surface area contributed by atoms with Crippen LogP contribution in [0, 0.1) is 0 Å². The lowest BCUT2D eigenvalue weighted by molar-refractivity contribution is 0.288. The molecule has 0 unspecified atom stereocenters. The Morgan fingerprint density at radius 2 is 1.75 bits per heavy atom. The van der Waals surface area contributed by atoms with Gasteiger partial charge in [0.1, 0.15) is 17.4 Å². The maximum atomic E-state index is 5.99. The molecule has 0 saturated carbocycles. The zero-order valence-corrected chi connectivity index (χ0v) is 20.5. The molecule has 0 radical (unpaired) electrons. The van der Waals surface area contributed by atoms with Crippen LogP contribution in [0.25, 0.3) is 10.6 Å². The lowest BCUT2D eigenvalue weighted by Gasteiger charge is -2.19. The molecule has 0 fully saturated rings. The fraction of sp³-hybridized carbons (Fsp3) is 0.320. The summed E-state index contributed by atoms with van der Waals surface area (Å²) in [4.78, 5) is 4.77. The van der Waals surface area contributed by atoms with Crippen LogP contribution < -0.4 is 4.74 Å². The molecule has 0 atom stereocenters. The van der Waals surface area contributed by atoms with Crippen LogP contribution in [-0.2, 0) is 24.3 Å². The first-order valence-corrected chi connectivity index (χ1v) is 12.6. The number of nitrogens with zero attached hydrogens (tertiary/aromatic N) is 4. The molecule has 0 N–H and O–H groups in total. The molecule has 0 spiro atoms. The molecule has 2 aromatic heterocycles. The third kappa shape index (κ3) is 5.40. The number of aromatic nitrogens is 4. The van der Waals surface area contributed by atoms with Crippen LogP contribution in [0.5, 0.6) is 5.75 Å². The van der Waals surface area contributed by atoms with Gasteiger partial charge in [-0.05, 0) is 30.0 Å². The van der Waals surface area contributed by atoms with E-state index in [0.29, 0.717) is 6.61 Å². The van der Waals surface area contributed by atoms with E-state index in [4.69, 9.17) is 9.72 Å². The highest BCUT2D eigenvalue weighted by Gasteiger charge is 2.15. The Balaban J connectivity index is 1.37. The van der Waals surface area contributed by atoms with E-state index in [-0.39, 0.29) is 5.41 Å². The third-order valence-corrected chi connectivity index (χ3v) is 7.06. The van der Waals surface area contributed by atoms with E-state index in [1.54, 1.807) is 23.1 Å². The molecule has 2 heterocycles. The van der Waals surface area contributed by atoms with E-state index >= 15 is 0 Å². The van der Waals surface area contributed by atoms with Crippen molar-refractivity contribution in [2.45, 2.75) is 57.2 Å². The van der Waals surface area contributed by atoms with Gasteiger partial charge in [0.15, 0.2) is 11.0 Å². The van der Waals surface area contributed by atoms with Crippen LogP contribution >= 0.6 is 23.1 Å². The van der Waals surface area contributed by atoms with Crippen LogP contribution in [-0.4, -0.2) is 19.7 Å². The van der Waals surface area contributed by atoms with Gasteiger partial charge in [-0.15, -0.1) is 21.5 Å². The minimum absolute atomic E-state index is 0.131. The molecule has 0 saturated heterocycles. The van der Waals surface area contributed by atoms with Gasteiger partial charge in [0.25, 0.3) is 0 Å². The third-order valence-electron chi connectivity index (χ3n) is 5.12. The van der Waals surface area contributed by atoms with E-state index in [9.17, 15) is 0 Å². The Hall–Kier alpha value is -2.64. The number of hydrogen-bond donors (Lipinski definition) is 0. The molecule has 0 aliphatic carbocycles. The maximum absolute atomic E-state index is 5.99. The highest BCUT2D eigenvalue weighted by Crippen LogP contribution is 2.28. The molecule has 166 valence electrons. The van der Waals surface area contributed by atoms with Crippen molar-refractivity contribution in [2.75, 3.05) is 0 Å². The van der Waals surface area contributed by atoms with Crippen molar-refractivity contribution in [3.05, 3.63) is 77.1 Å². The van der Waals surface area contributed by atoms with Gasteiger partial charge in [0, 0.05) is 23.2 Å². The van der Waals surface area contributed by atoms with Gasteiger partial charge in [0.05, 0.1) is 5.69 Å².